The van der Waals surface area contributed by atoms with Crippen LogP contribution < -0.4 is 10.6 Å². The lowest BCUT2D eigenvalue weighted by Gasteiger charge is -2.36. The summed E-state index contributed by atoms with van der Waals surface area (Å²) in [5, 5.41) is 13.9. The molecule has 3 N–H and O–H groups in total. The topological polar surface area (TPSA) is 139 Å². The lowest BCUT2D eigenvalue weighted by Crippen LogP contribution is -2.51. The van der Waals surface area contributed by atoms with Gasteiger partial charge in [-0.1, -0.05) is 0 Å². The van der Waals surface area contributed by atoms with Gasteiger partial charge in [0.25, 0.3) is 5.91 Å². The number of benzene rings is 1. The summed E-state index contributed by atoms with van der Waals surface area (Å²) >= 11 is 0. The van der Waals surface area contributed by atoms with Crippen molar-refractivity contribution < 1.29 is 18.7 Å². The van der Waals surface area contributed by atoms with Crippen molar-refractivity contribution in [3.63, 3.8) is 0 Å². The summed E-state index contributed by atoms with van der Waals surface area (Å²) in [5.41, 5.74) is 6.33. The highest BCUT2D eigenvalue weighted by Crippen LogP contribution is 2.24. The summed E-state index contributed by atoms with van der Waals surface area (Å²) in [5.74, 6) is -0.758. The number of nitrogens with zero attached hydrogens (tertiary/aromatic N) is 8. The largest absolute Gasteiger partial charge is 0.389 e. The summed E-state index contributed by atoms with van der Waals surface area (Å²) in [7, 11) is 1.71. The number of hydrogen-bond donors (Lipinski definition) is 2. The molecule has 38 heavy (non-hydrogen) atoms. The maximum atomic E-state index is 14.1. The number of hydrogen-bond acceptors (Lipinski definition) is 9. The molecule has 1 amide bonds. The molecule has 1 aliphatic heterocycles. The molecule has 3 aromatic heterocycles. The minimum atomic E-state index is -0.816. The van der Waals surface area contributed by atoms with E-state index in [1.54, 1.807) is 11.9 Å². The number of fused-ring (bicyclic) bond motifs is 3. The molecule has 0 radical (unpaired) electrons. The van der Waals surface area contributed by atoms with E-state index in [2.05, 4.69) is 37.9 Å². The summed E-state index contributed by atoms with van der Waals surface area (Å²) in [6.07, 6.45) is 12.4. The molecule has 4 aromatic rings. The Bertz CT molecular complexity index is 1480. The Balaban J connectivity index is 0.00000164. The van der Waals surface area contributed by atoms with Crippen LogP contribution in [0.5, 0.6) is 0 Å². The standard InChI is InChI=1S/C23H25F2N9O2.C2H2/c1-12(32(2)22(36)17-8-28-19(9-27-17)33-10-14(35)11-33)4-3-5-18-29-21-15-6-13(24)7-16(25)20(15)30-23(26)34(21)31-18;1-2/h6-9,12,14,35H,3-5,10-11H2,1-2H3,(H2,26,30);1-2H/t12-;/m0./s1. The van der Waals surface area contributed by atoms with E-state index in [1.807, 2.05) is 11.8 Å². The molecule has 11 nitrogen and oxygen atoms in total. The molecule has 5 rings (SSSR count). The molecule has 0 unspecified atom stereocenters. The van der Waals surface area contributed by atoms with E-state index < -0.39 is 11.6 Å². The third-order valence-electron chi connectivity index (χ3n) is 6.41. The van der Waals surface area contributed by atoms with E-state index in [0.29, 0.717) is 44.0 Å². The van der Waals surface area contributed by atoms with Crippen molar-refractivity contribution in [3.8, 4) is 12.8 Å². The van der Waals surface area contributed by atoms with Gasteiger partial charge in [0, 0.05) is 38.7 Å². The van der Waals surface area contributed by atoms with Crippen molar-refractivity contribution in [2.45, 2.75) is 38.3 Å². The zero-order chi connectivity index (χ0) is 27.6. The average Bonchev–Trinajstić information content (AvgIpc) is 3.33. The number of anilines is 2. The SMILES string of the molecule is C#C.C[C@@H](CCCc1nc2c3cc(F)cc(F)c3nc(N)n2n1)N(C)C(=O)c1cnc(N2CC(O)C2)cn1. The third kappa shape index (κ3) is 5.16. The van der Waals surface area contributed by atoms with Crippen LogP contribution in [0.4, 0.5) is 20.5 Å². The molecule has 4 heterocycles. The highest BCUT2D eigenvalue weighted by molar-refractivity contribution is 5.93. The lowest BCUT2D eigenvalue weighted by atomic mass is 10.1. The fourth-order valence-corrected chi connectivity index (χ4v) is 4.17. The Morgan fingerprint density at radius 1 is 1.24 bits per heavy atom. The quantitative estimate of drug-likeness (QED) is 0.348. The predicted molar refractivity (Wildman–Crippen MR) is 137 cm³/mol. The van der Waals surface area contributed by atoms with Gasteiger partial charge in [-0.2, -0.15) is 4.52 Å². The Kier molecular flexibility index (Phi) is 7.63. The van der Waals surface area contributed by atoms with E-state index >= 15 is 0 Å². The summed E-state index contributed by atoms with van der Waals surface area (Å²) < 4.78 is 29.2. The van der Waals surface area contributed by atoms with E-state index in [4.69, 9.17) is 5.73 Å². The molecule has 0 spiro atoms. The van der Waals surface area contributed by atoms with Crippen molar-refractivity contribution in [2.75, 3.05) is 30.8 Å². The second kappa shape index (κ2) is 10.9. The maximum absolute atomic E-state index is 14.1. The highest BCUT2D eigenvalue weighted by atomic mass is 19.1. The van der Waals surface area contributed by atoms with Gasteiger partial charge in [-0.05, 0) is 25.8 Å². The number of aromatic nitrogens is 6. The van der Waals surface area contributed by atoms with E-state index in [9.17, 15) is 18.7 Å². The van der Waals surface area contributed by atoms with E-state index in [-0.39, 0.29) is 46.2 Å². The average molecular weight is 524 g/mol. The molecule has 0 saturated carbocycles. The Morgan fingerprint density at radius 3 is 2.63 bits per heavy atom. The molecule has 0 aliphatic carbocycles. The van der Waals surface area contributed by atoms with Crippen LogP contribution in [0.1, 0.15) is 36.1 Å². The molecule has 13 heteroatoms. The predicted octanol–water partition coefficient (Wildman–Crippen LogP) is 1.84. The van der Waals surface area contributed by atoms with Crippen molar-refractivity contribution in [1.29, 1.82) is 0 Å². The zero-order valence-electron chi connectivity index (χ0n) is 20.9. The van der Waals surface area contributed by atoms with Crippen molar-refractivity contribution in [3.05, 3.63) is 47.7 Å². The number of halogens is 2. The number of amides is 1. The van der Waals surface area contributed by atoms with E-state index in [1.165, 1.54) is 16.9 Å². The van der Waals surface area contributed by atoms with Crippen LogP contribution in [0.3, 0.4) is 0 Å². The number of terminal acetylenes is 1. The van der Waals surface area contributed by atoms with Gasteiger partial charge in [-0.3, -0.25) is 4.79 Å². The zero-order valence-corrected chi connectivity index (χ0v) is 20.9. The van der Waals surface area contributed by atoms with Gasteiger partial charge >= 0.3 is 0 Å². The fraction of sp³-hybridized carbons (Fsp3) is 0.360. The van der Waals surface area contributed by atoms with Crippen LogP contribution in [-0.2, 0) is 6.42 Å². The summed E-state index contributed by atoms with van der Waals surface area (Å²) in [6.45, 7) is 2.94. The Labute approximate surface area is 217 Å². The number of carbonyl (C=O) groups is 1. The number of carbonyl (C=O) groups excluding carboxylic acids is 1. The van der Waals surface area contributed by atoms with Gasteiger partial charge in [-0.25, -0.2) is 28.7 Å². The normalized spacial score (nSPS) is 14.1. The van der Waals surface area contributed by atoms with Crippen molar-refractivity contribution >= 4 is 34.2 Å². The smallest absolute Gasteiger partial charge is 0.274 e. The number of β-amino-alcohol motifs (C(OH)–C–C–N with tert-alkyl or cyclic N) is 1. The minimum Gasteiger partial charge on any atom is -0.389 e. The van der Waals surface area contributed by atoms with Crippen LogP contribution in [0.2, 0.25) is 0 Å². The monoisotopic (exact) mass is 523 g/mol. The molecular formula is C25H27F2N9O2. The Morgan fingerprint density at radius 2 is 1.97 bits per heavy atom. The van der Waals surface area contributed by atoms with Gasteiger partial charge < -0.3 is 20.6 Å². The first-order valence-electron chi connectivity index (χ1n) is 11.9. The van der Waals surface area contributed by atoms with Crippen LogP contribution >= 0.6 is 0 Å². The molecule has 1 atom stereocenters. The molecular weight excluding hydrogens is 496 g/mol. The second-order valence-corrected chi connectivity index (χ2v) is 8.99. The van der Waals surface area contributed by atoms with Gasteiger partial charge in [0.1, 0.15) is 22.8 Å². The van der Waals surface area contributed by atoms with Crippen molar-refractivity contribution in [2.24, 2.45) is 0 Å². The van der Waals surface area contributed by atoms with Crippen LogP contribution in [0.25, 0.3) is 16.6 Å². The first kappa shape index (κ1) is 26.6. The van der Waals surface area contributed by atoms with Gasteiger partial charge in [0.05, 0.1) is 23.9 Å². The van der Waals surface area contributed by atoms with Crippen LogP contribution in [-0.4, -0.2) is 77.7 Å². The molecule has 1 fully saturated rings. The second-order valence-electron chi connectivity index (χ2n) is 8.99. The fourth-order valence-electron chi connectivity index (χ4n) is 4.17. The van der Waals surface area contributed by atoms with Crippen molar-refractivity contribution in [1.82, 2.24) is 34.4 Å². The van der Waals surface area contributed by atoms with Gasteiger partial charge in [0.15, 0.2) is 17.3 Å². The molecule has 1 saturated heterocycles. The number of aliphatic hydroxyl groups is 1. The van der Waals surface area contributed by atoms with Crippen LogP contribution in [0.15, 0.2) is 24.5 Å². The molecule has 198 valence electrons. The summed E-state index contributed by atoms with van der Waals surface area (Å²) in [4.78, 5) is 33.3. The number of aliphatic hydroxyl groups excluding tert-OH is 1. The van der Waals surface area contributed by atoms with E-state index in [0.717, 1.165) is 12.1 Å². The third-order valence-corrected chi connectivity index (χ3v) is 6.41. The molecule has 1 aromatic carbocycles. The molecule has 0 bridgehead atoms. The number of rotatable bonds is 7. The Hall–Kier alpha value is -4.44. The molecule has 1 aliphatic rings. The van der Waals surface area contributed by atoms with Gasteiger partial charge in [-0.15, -0.1) is 17.9 Å². The number of aryl methyl sites for hydroxylation is 1. The first-order chi connectivity index (χ1) is 18.2. The number of nitrogen functional groups attached to an aromatic ring is 1. The van der Waals surface area contributed by atoms with Crippen LogP contribution in [0, 0.1) is 24.5 Å². The lowest BCUT2D eigenvalue weighted by molar-refractivity contribution is 0.0729. The summed E-state index contributed by atoms with van der Waals surface area (Å²) in [6, 6.07) is 1.81. The minimum absolute atomic E-state index is 0.0436. The number of nitrogens with two attached hydrogens (primary N) is 1. The maximum Gasteiger partial charge on any atom is 0.274 e. The first-order valence-corrected chi connectivity index (χ1v) is 11.9. The highest BCUT2D eigenvalue weighted by Gasteiger charge is 2.26. The van der Waals surface area contributed by atoms with Gasteiger partial charge in [0.2, 0.25) is 5.95 Å².